The Morgan fingerprint density at radius 3 is 2.47 bits per heavy atom. The van der Waals surface area contributed by atoms with Crippen molar-refractivity contribution in [2.75, 3.05) is 18.5 Å². The predicted octanol–water partition coefficient (Wildman–Crippen LogP) is 1.37. The maximum Gasteiger partial charge on any atom is 0.413 e. The SMILES string of the molecule is CC(C)(C)OC(=O)Nc1ccn([C@H]2C[C@@H]3COC(=O)CCC(=O)OC[C@H]3O2)c(=O)n1. The molecule has 0 spiro atoms. The molecular formula is C19H25N3O8. The molecule has 164 valence electrons. The highest BCUT2D eigenvalue weighted by Crippen LogP contribution is 2.33. The van der Waals surface area contributed by atoms with Crippen molar-refractivity contribution in [3.8, 4) is 0 Å². The summed E-state index contributed by atoms with van der Waals surface area (Å²) in [6.45, 7) is 5.28. The van der Waals surface area contributed by atoms with Crippen LogP contribution in [0.5, 0.6) is 0 Å². The summed E-state index contributed by atoms with van der Waals surface area (Å²) >= 11 is 0. The summed E-state index contributed by atoms with van der Waals surface area (Å²) in [5, 5.41) is 2.41. The number of nitrogens with one attached hydrogen (secondary N) is 1. The van der Waals surface area contributed by atoms with Crippen LogP contribution in [0.15, 0.2) is 17.1 Å². The van der Waals surface area contributed by atoms with Gasteiger partial charge in [-0.3, -0.25) is 19.5 Å². The van der Waals surface area contributed by atoms with Crippen LogP contribution in [0.2, 0.25) is 0 Å². The van der Waals surface area contributed by atoms with Crippen LogP contribution < -0.4 is 11.0 Å². The summed E-state index contributed by atoms with van der Waals surface area (Å²) in [7, 11) is 0. The van der Waals surface area contributed by atoms with Crippen molar-refractivity contribution in [3.63, 3.8) is 0 Å². The van der Waals surface area contributed by atoms with E-state index in [1.807, 2.05) is 0 Å². The van der Waals surface area contributed by atoms with Gasteiger partial charge in [-0.05, 0) is 26.8 Å². The van der Waals surface area contributed by atoms with Gasteiger partial charge in [0, 0.05) is 18.5 Å². The molecule has 0 aliphatic carbocycles. The van der Waals surface area contributed by atoms with Crippen LogP contribution in [0.25, 0.3) is 0 Å². The number of fused-ring (bicyclic) bond motifs is 1. The van der Waals surface area contributed by atoms with Gasteiger partial charge in [0.05, 0.1) is 19.4 Å². The number of carbonyl (C=O) groups is 3. The highest BCUT2D eigenvalue weighted by molar-refractivity contribution is 5.83. The Morgan fingerprint density at radius 1 is 1.17 bits per heavy atom. The van der Waals surface area contributed by atoms with Gasteiger partial charge in [0.1, 0.15) is 30.4 Å². The van der Waals surface area contributed by atoms with Crippen LogP contribution in [-0.2, 0) is 28.5 Å². The molecule has 2 aliphatic heterocycles. The highest BCUT2D eigenvalue weighted by Gasteiger charge is 2.39. The number of amides is 1. The van der Waals surface area contributed by atoms with Gasteiger partial charge in [0.25, 0.3) is 0 Å². The molecule has 0 aromatic carbocycles. The van der Waals surface area contributed by atoms with Crippen LogP contribution in [0, 0.1) is 5.92 Å². The van der Waals surface area contributed by atoms with Gasteiger partial charge in [0.2, 0.25) is 0 Å². The number of ether oxygens (including phenoxy) is 4. The fourth-order valence-corrected chi connectivity index (χ4v) is 3.14. The van der Waals surface area contributed by atoms with E-state index in [-0.39, 0.29) is 37.8 Å². The summed E-state index contributed by atoms with van der Waals surface area (Å²) in [4.78, 5) is 51.5. The monoisotopic (exact) mass is 423 g/mol. The molecule has 3 heterocycles. The van der Waals surface area contributed by atoms with E-state index in [2.05, 4.69) is 10.3 Å². The number of hydrogen-bond acceptors (Lipinski definition) is 9. The smallest absolute Gasteiger partial charge is 0.413 e. The fraction of sp³-hybridized carbons (Fsp3) is 0.632. The van der Waals surface area contributed by atoms with Gasteiger partial charge in [0.15, 0.2) is 0 Å². The molecule has 2 aliphatic rings. The molecule has 1 N–H and O–H groups in total. The number of cyclic esters (lactones) is 2. The van der Waals surface area contributed by atoms with E-state index in [1.54, 1.807) is 20.8 Å². The Hall–Kier alpha value is -2.95. The van der Waals surface area contributed by atoms with E-state index in [9.17, 15) is 19.2 Å². The third-order valence-corrected chi connectivity index (χ3v) is 4.53. The first-order chi connectivity index (χ1) is 14.1. The van der Waals surface area contributed by atoms with Gasteiger partial charge in [-0.15, -0.1) is 0 Å². The second kappa shape index (κ2) is 8.82. The van der Waals surface area contributed by atoms with E-state index in [1.165, 1.54) is 16.8 Å². The molecule has 11 heteroatoms. The molecule has 0 unspecified atom stereocenters. The molecule has 0 radical (unpaired) electrons. The normalized spacial score (nSPS) is 25.0. The maximum absolute atomic E-state index is 12.5. The van der Waals surface area contributed by atoms with Crippen LogP contribution in [0.4, 0.5) is 10.6 Å². The molecular weight excluding hydrogens is 398 g/mol. The van der Waals surface area contributed by atoms with E-state index in [0.717, 1.165) is 0 Å². The van der Waals surface area contributed by atoms with Gasteiger partial charge >= 0.3 is 23.7 Å². The Morgan fingerprint density at radius 2 is 1.83 bits per heavy atom. The summed E-state index contributed by atoms with van der Waals surface area (Å²) in [5.41, 5.74) is -1.32. The second-order valence-electron chi connectivity index (χ2n) is 8.12. The van der Waals surface area contributed by atoms with Crippen LogP contribution in [-0.4, -0.2) is 52.5 Å². The number of anilines is 1. The third kappa shape index (κ3) is 5.78. The minimum absolute atomic E-state index is 0.0119. The first kappa shape index (κ1) is 21.8. The number of rotatable bonds is 2. The summed E-state index contributed by atoms with van der Waals surface area (Å²) < 4.78 is 22.7. The molecule has 30 heavy (non-hydrogen) atoms. The third-order valence-electron chi connectivity index (χ3n) is 4.53. The van der Waals surface area contributed by atoms with Crippen LogP contribution in [0.1, 0.15) is 46.3 Å². The number of carbonyl (C=O) groups excluding carboxylic acids is 3. The lowest BCUT2D eigenvalue weighted by Gasteiger charge is -2.20. The van der Waals surface area contributed by atoms with E-state index in [4.69, 9.17) is 18.9 Å². The summed E-state index contributed by atoms with van der Waals surface area (Å²) in [6, 6.07) is 1.45. The lowest BCUT2D eigenvalue weighted by Crippen LogP contribution is -2.31. The number of nitrogens with zero attached hydrogens (tertiary/aromatic N) is 2. The van der Waals surface area contributed by atoms with Gasteiger partial charge in [-0.2, -0.15) is 4.98 Å². The Balaban J connectivity index is 1.69. The molecule has 0 saturated carbocycles. The number of hydrogen-bond donors (Lipinski definition) is 1. The van der Waals surface area contributed by atoms with Crippen molar-refractivity contribution < 1.29 is 33.3 Å². The summed E-state index contributed by atoms with van der Waals surface area (Å²) in [6.07, 6.45) is -0.174. The average Bonchev–Trinajstić information content (AvgIpc) is 3.04. The van der Waals surface area contributed by atoms with E-state index >= 15 is 0 Å². The zero-order valence-corrected chi connectivity index (χ0v) is 17.1. The number of esters is 2. The lowest BCUT2D eigenvalue weighted by atomic mass is 10.0. The highest BCUT2D eigenvalue weighted by atomic mass is 16.6. The van der Waals surface area contributed by atoms with E-state index < -0.39 is 41.7 Å². The molecule has 11 nitrogen and oxygen atoms in total. The Bertz CT molecular complexity index is 847. The van der Waals surface area contributed by atoms with Gasteiger partial charge < -0.3 is 18.9 Å². The molecule has 3 rings (SSSR count). The molecule has 1 aromatic rings. The summed E-state index contributed by atoms with van der Waals surface area (Å²) in [5.74, 6) is -1.18. The van der Waals surface area contributed by atoms with Gasteiger partial charge in [-0.25, -0.2) is 9.59 Å². The minimum Gasteiger partial charge on any atom is -0.465 e. The topological polar surface area (TPSA) is 135 Å². The molecule has 2 saturated heterocycles. The molecule has 1 aromatic heterocycles. The quantitative estimate of drug-likeness (QED) is 0.552. The first-order valence-electron chi connectivity index (χ1n) is 9.66. The lowest BCUT2D eigenvalue weighted by molar-refractivity contribution is -0.158. The maximum atomic E-state index is 12.5. The number of aromatic nitrogens is 2. The van der Waals surface area contributed by atoms with Crippen molar-refractivity contribution in [2.45, 2.75) is 58.0 Å². The second-order valence-corrected chi connectivity index (χ2v) is 8.12. The predicted molar refractivity (Wildman–Crippen MR) is 102 cm³/mol. The van der Waals surface area contributed by atoms with Crippen molar-refractivity contribution in [1.29, 1.82) is 0 Å². The standard InChI is InChI=1S/C19H25N3O8/c1-19(2,3)30-18(26)21-13-6-7-22(17(25)20-13)14-8-11-9-27-15(23)4-5-16(24)28-10-12(11)29-14/h6-7,11-12,14H,4-5,8-10H2,1-3H3,(H,20,21,25,26)/t11-,12-,14-/m1/s1. The van der Waals surface area contributed by atoms with Crippen molar-refractivity contribution in [2.24, 2.45) is 5.92 Å². The van der Waals surface area contributed by atoms with Crippen LogP contribution >= 0.6 is 0 Å². The fourth-order valence-electron chi connectivity index (χ4n) is 3.14. The first-order valence-corrected chi connectivity index (χ1v) is 9.66. The van der Waals surface area contributed by atoms with Crippen molar-refractivity contribution >= 4 is 23.8 Å². The van der Waals surface area contributed by atoms with Crippen LogP contribution in [0.3, 0.4) is 0 Å². The average molecular weight is 423 g/mol. The zero-order chi connectivity index (χ0) is 21.9. The minimum atomic E-state index is -0.724. The Kier molecular flexibility index (Phi) is 6.40. The largest absolute Gasteiger partial charge is 0.465 e. The molecule has 2 fully saturated rings. The van der Waals surface area contributed by atoms with Crippen molar-refractivity contribution in [3.05, 3.63) is 22.7 Å². The zero-order valence-electron chi connectivity index (χ0n) is 17.1. The molecule has 0 bridgehead atoms. The van der Waals surface area contributed by atoms with Crippen molar-refractivity contribution in [1.82, 2.24) is 9.55 Å². The molecule has 1 amide bonds. The molecule has 3 atom stereocenters. The van der Waals surface area contributed by atoms with Gasteiger partial charge in [-0.1, -0.05) is 0 Å². The van der Waals surface area contributed by atoms with E-state index in [0.29, 0.717) is 6.42 Å². The Labute approximate surface area is 172 Å².